The van der Waals surface area contributed by atoms with E-state index in [2.05, 4.69) is 20.7 Å². The highest BCUT2D eigenvalue weighted by Gasteiger charge is 2.17. The van der Waals surface area contributed by atoms with Crippen molar-refractivity contribution in [1.29, 1.82) is 0 Å². The topological polar surface area (TPSA) is 99.9 Å². The van der Waals surface area contributed by atoms with Crippen molar-refractivity contribution in [3.63, 3.8) is 0 Å². The molecule has 1 N–H and O–H groups in total. The number of amides is 1. The minimum Gasteiger partial charge on any atom is -0.497 e. The van der Waals surface area contributed by atoms with E-state index in [1.165, 1.54) is 18.0 Å². The minimum atomic E-state index is -0.281. The lowest BCUT2D eigenvalue weighted by Gasteiger charge is -2.11. The summed E-state index contributed by atoms with van der Waals surface area (Å²) < 4.78 is 18.0. The lowest BCUT2D eigenvalue weighted by molar-refractivity contribution is -0.118. The molecule has 0 saturated carbocycles. The summed E-state index contributed by atoms with van der Waals surface area (Å²) in [6, 6.07) is 22.8. The first-order chi connectivity index (χ1) is 18.1. The van der Waals surface area contributed by atoms with Crippen molar-refractivity contribution >= 4 is 23.9 Å². The molecule has 0 unspecified atom stereocenters. The molecule has 0 aliphatic carbocycles. The second-order valence-electron chi connectivity index (χ2n) is 7.62. The molecule has 37 heavy (non-hydrogen) atoms. The van der Waals surface area contributed by atoms with Crippen LogP contribution in [0.1, 0.15) is 12.5 Å². The summed E-state index contributed by atoms with van der Waals surface area (Å²) in [4.78, 5) is 12.5. The standard InChI is InChI=1S/C27H27N5O4S/c1-4-36-22-14-11-21(12-15-22)32-26(19-8-6-5-7-9-19)30-31-27(32)37-18-25(33)29-28-17-20-10-13-23(34-2)16-24(20)35-3/h5-17H,4,18H2,1-3H3,(H,29,33). The third kappa shape index (κ3) is 6.47. The number of aromatic nitrogens is 3. The average molecular weight is 518 g/mol. The molecule has 10 heteroatoms. The number of rotatable bonds is 11. The first kappa shape index (κ1) is 25.8. The van der Waals surface area contributed by atoms with E-state index in [1.807, 2.05) is 66.1 Å². The van der Waals surface area contributed by atoms with E-state index in [0.29, 0.717) is 34.7 Å². The molecular weight excluding hydrogens is 490 g/mol. The number of hydrazone groups is 1. The van der Waals surface area contributed by atoms with Gasteiger partial charge in [-0.2, -0.15) is 5.10 Å². The van der Waals surface area contributed by atoms with Crippen LogP contribution in [0.4, 0.5) is 0 Å². The van der Waals surface area contributed by atoms with E-state index < -0.39 is 0 Å². The Labute approximate surface area is 219 Å². The molecule has 1 aromatic heterocycles. The Bertz CT molecular complexity index is 1360. The summed E-state index contributed by atoms with van der Waals surface area (Å²) in [6.07, 6.45) is 1.52. The van der Waals surface area contributed by atoms with Crippen molar-refractivity contribution in [2.24, 2.45) is 5.10 Å². The van der Waals surface area contributed by atoms with Crippen LogP contribution in [0.15, 0.2) is 83.1 Å². The SMILES string of the molecule is CCOc1ccc(-n2c(SCC(=O)NN=Cc3ccc(OC)cc3OC)nnc2-c2ccccc2)cc1. The first-order valence-electron chi connectivity index (χ1n) is 11.5. The van der Waals surface area contributed by atoms with Crippen LogP contribution in [-0.2, 0) is 4.79 Å². The molecule has 0 spiro atoms. The average Bonchev–Trinajstić information content (AvgIpc) is 3.37. The summed E-state index contributed by atoms with van der Waals surface area (Å²) >= 11 is 1.27. The van der Waals surface area contributed by atoms with Crippen LogP contribution >= 0.6 is 11.8 Å². The normalized spacial score (nSPS) is 10.9. The van der Waals surface area contributed by atoms with Crippen LogP contribution in [0, 0.1) is 0 Å². The van der Waals surface area contributed by atoms with Gasteiger partial charge in [-0.15, -0.1) is 10.2 Å². The predicted molar refractivity (Wildman–Crippen MR) is 144 cm³/mol. The van der Waals surface area contributed by atoms with Crippen LogP contribution in [0.2, 0.25) is 0 Å². The van der Waals surface area contributed by atoms with Gasteiger partial charge in [0.05, 0.1) is 32.8 Å². The van der Waals surface area contributed by atoms with Gasteiger partial charge in [-0.1, -0.05) is 42.1 Å². The zero-order chi connectivity index (χ0) is 26.0. The summed E-state index contributed by atoms with van der Waals surface area (Å²) in [5, 5.41) is 13.4. The Morgan fingerprint density at radius 3 is 2.46 bits per heavy atom. The van der Waals surface area contributed by atoms with Gasteiger partial charge >= 0.3 is 0 Å². The lowest BCUT2D eigenvalue weighted by Crippen LogP contribution is -2.20. The Kier molecular flexibility index (Phi) is 8.77. The highest BCUT2D eigenvalue weighted by molar-refractivity contribution is 7.99. The quantitative estimate of drug-likeness (QED) is 0.176. The monoisotopic (exact) mass is 517 g/mol. The Hall–Kier alpha value is -4.31. The highest BCUT2D eigenvalue weighted by atomic mass is 32.2. The zero-order valence-electron chi connectivity index (χ0n) is 20.7. The van der Waals surface area contributed by atoms with E-state index in [0.717, 1.165) is 17.0 Å². The van der Waals surface area contributed by atoms with Crippen molar-refractivity contribution in [2.75, 3.05) is 26.6 Å². The van der Waals surface area contributed by atoms with Gasteiger partial charge in [0.15, 0.2) is 11.0 Å². The van der Waals surface area contributed by atoms with Gasteiger partial charge in [0.1, 0.15) is 17.2 Å². The number of carbonyl (C=O) groups is 1. The number of carbonyl (C=O) groups excluding carboxylic acids is 1. The molecule has 3 aromatic carbocycles. The number of hydrogen-bond acceptors (Lipinski definition) is 8. The molecule has 0 aliphatic rings. The molecule has 0 atom stereocenters. The molecule has 4 aromatic rings. The van der Waals surface area contributed by atoms with Gasteiger partial charge in [0.25, 0.3) is 5.91 Å². The van der Waals surface area contributed by atoms with Crippen LogP contribution in [-0.4, -0.2) is 53.5 Å². The van der Waals surface area contributed by atoms with Crippen molar-refractivity contribution < 1.29 is 19.0 Å². The third-order valence-electron chi connectivity index (χ3n) is 5.24. The minimum absolute atomic E-state index is 0.0983. The van der Waals surface area contributed by atoms with Crippen LogP contribution in [0.25, 0.3) is 17.1 Å². The van der Waals surface area contributed by atoms with Gasteiger partial charge in [-0.3, -0.25) is 9.36 Å². The Morgan fingerprint density at radius 2 is 1.76 bits per heavy atom. The zero-order valence-corrected chi connectivity index (χ0v) is 21.6. The Balaban J connectivity index is 1.49. The van der Waals surface area contributed by atoms with Crippen molar-refractivity contribution in [3.8, 4) is 34.3 Å². The van der Waals surface area contributed by atoms with E-state index in [1.54, 1.807) is 32.4 Å². The highest BCUT2D eigenvalue weighted by Crippen LogP contribution is 2.29. The second-order valence-corrected chi connectivity index (χ2v) is 8.57. The molecule has 0 radical (unpaired) electrons. The summed E-state index contributed by atoms with van der Waals surface area (Å²) in [7, 11) is 3.14. The van der Waals surface area contributed by atoms with E-state index in [-0.39, 0.29) is 11.7 Å². The second kappa shape index (κ2) is 12.6. The number of methoxy groups -OCH3 is 2. The van der Waals surface area contributed by atoms with Crippen molar-refractivity contribution in [3.05, 3.63) is 78.4 Å². The third-order valence-corrected chi connectivity index (χ3v) is 6.17. The van der Waals surface area contributed by atoms with E-state index >= 15 is 0 Å². The molecule has 190 valence electrons. The molecule has 4 rings (SSSR count). The largest absolute Gasteiger partial charge is 0.497 e. The van der Waals surface area contributed by atoms with Gasteiger partial charge in [-0.05, 0) is 43.3 Å². The molecule has 0 fully saturated rings. The van der Waals surface area contributed by atoms with Crippen molar-refractivity contribution in [2.45, 2.75) is 12.1 Å². The van der Waals surface area contributed by atoms with Gasteiger partial charge in [0.2, 0.25) is 0 Å². The van der Waals surface area contributed by atoms with Gasteiger partial charge in [-0.25, -0.2) is 5.43 Å². The molecule has 0 bridgehead atoms. The van der Waals surface area contributed by atoms with E-state index in [4.69, 9.17) is 14.2 Å². The molecule has 1 amide bonds. The number of benzene rings is 3. The molecule has 1 heterocycles. The Morgan fingerprint density at radius 1 is 1.00 bits per heavy atom. The lowest BCUT2D eigenvalue weighted by atomic mass is 10.2. The smallest absolute Gasteiger partial charge is 0.250 e. The summed E-state index contributed by atoms with van der Waals surface area (Å²) in [5.74, 6) is 2.53. The van der Waals surface area contributed by atoms with Crippen LogP contribution in [0.3, 0.4) is 0 Å². The summed E-state index contributed by atoms with van der Waals surface area (Å²) in [5.41, 5.74) is 5.03. The maximum absolute atomic E-state index is 12.5. The number of ether oxygens (including phenoxy) is 3. The molecule has 9 nitrogen and oxygen atoms in total. The van der Waals surface area contributed by atoms with Gasteiger partial charge < -0.3 is 14.2 Å². The fourth-order valence-corrected chi connectivity index (χ4v) is 4.23. The van der Waals surface area contributed by atoms with E-state index in [9.17, 15) is 4.79 Å². The van der Waals surface area contributed by atoms with Crippen LogP contribution in [0.5, 0.6) is 17.2 Å². The first-order valence-corrected chi connectivity index (χ1v) is 12.5. The number of nitrogens with zero attached hydrogens (tertiary/aromatic N) is 4. The number of hydrogen-bond donors (Lipinski definition) is 1. The maximum atomic E-state index is 12.5. The fourth-order valence-electron chi connectivity index (χ4n) is 3.49. The van der Waals surface area contributed by atoms with Crippen LogP contribution < -0.4 is 19.6 Å². The predicted octanol–water partition coefficient (Wildman–Crippen LogP) is 4.59. The molecule has 0 aliphatic heterocycles. The molecular formula is C27H27N5O4S. The van der Waals surface area contributed by atoms with Gasteiger partial charge in [0, 0.05) is 22.9 Å². The molecule has 0 saturated heterocycles. The maximum Gasteiger partial charge on any atom is 0.250 e. The number of nitrogens with one attached hydrogen (secondary N) is 1. The fraction of sp³-hybridized carbons (Fsp3) is 0.185. The summed E-state index contributed by atoms with van der Waals surface area (Å²) in [6.45, 7) is 2.53. The van der Waals surface area contributed by atoms with Crippen molar-refractivity contribution in [1.82, 2.24) is 20.2 Å². The number of thioether (sulfide) groups is 1.